The third kappa shape index (κ3) is 6.94. The van der Waals surface area contributed by atoms with Crippen LogP contribution >= 0.6 is 24.8 Å². The van der Waals surface area contributed by atoms with Crippen molar-refractivity contribution in [1.82, 2.24) is 25.8 Å². The predicted molar refractivity (Wildman–Crippen MR) is 117 cm³/mol. The van der Waals surface area contributed by atoms with Gasteiger partial charge in [0.05, 0.1) is 0 Å². The van der Waals surface area contributed by atoms with Gasteiger partial charge in [0.25, 0.3) is 0 Å². The van der Waals surface area contributed by atoms with Crippen LogP contribution in [0.5, 0.6) is 0 Å². The van der Waals surface area contributed by atoms with Crippen LogP contribution in [-0.2, 0) is 4.79 Å². The number of piperidine rings is 1. The molecule has 1 amide bonds. The second-order valence-corrected chi connectivity index (χ2v) is 7.75. The van der Waals surface area contributed by atoms with Gasteiger partial charge in [0.15, 0.2) is 0 Å². The Labute approximate surface area is 184 Å². The van der Waals surface area contributed by atoms with Crippen LogP contribution in [0.3, 0.4) is 0 Å². The van der Waals surface area contributed by atoms with Crippen LogP contribution in [0.2, 0.25) is 0 Å². The van der Waals surface area contributed by atoms with Crippen LogP contribution in [0.15, 0.2) is 29.0 Å². The first-order valence-electron chi connectivity index (χ1n) is 9.78. The Kier molecular flexibility index (Phi) is 10.6. The molecule has 1 saturated heterocycles. The second kappa shape index (κ2) is 12.1. The molecule has 0 aromatic carbocycles. The van der Waals surface area contributed by atoms with E-state index in [-0.39, 0.29) is 42.7 Å². The fourth-order valence-corrected chi connectivity index (χ4v) is 3.60. The van der Waals surface area contributed by atoms with Crippen LogP contribution in [-0.4, -0.2) is 34.1 Å². The minimum absolute atomic E-state index is 0. The number of nitrogens with zero attached hydrogens (tertiary/aromatic N) is 3. The lowest BCUT2D eigenvalue weighted by Gasteiger charge is -2.28. The highest BCUT2D eigenvalue weighted by atomic mass is 35.5. The molecule has 3 rings (SSSR count). The van der Waals surface area contributed by atoms with Gasteiger partial charge in [0, 0.05) is 24.4 Å². The largest absolute Gasteiger partial charge is 0.344 e. The Hall–Kier alpha value is -1.70. The zero-order chi connectivity index (χ0) is 19.2. The fraction of sp³-hybridized carbons (Fsp3) is 0.600. The molecule has 2 N–H and O–H groups in total. The Morgan fingerprint density at radius 3 is 2.48 bits per heavy atom. The number of carbonyl (C=O) groups excluding carboxylic acids is 1. The molecule has 0 radical (unpaired) electrons. The van der Waals surface area contributed by atoms with Gasteiger partial charge in [-0.2, -0.15) is 4.98 Å². The number of carbonyl (C=O) groups is 1. The maximum absolute atomic E-state index is 12.6. The zero-order valence-electron chi connectivity index (χ0n) is 17.1. The van der Waals surface area contributed by atoms with Gasteiger partial charge in [0.2, 0.25) is 17.6 Å². The van der Waals surface area contributed by atoms with Crippen molar-refractivity contribution in [2.75, 3.05) is 13.1 Å². The number of pyridine rings is 1. The van der Waals surface area contributed by atoms with E-state index in [1.807, 2.05) is 26.0 Å². The van der Waals surface area contributed by atoms with E-state index in [9.17, 15) is 4.79 Å². The molecule has 7 nitrogen and oxygen atoms in total. The van der Waals surface area contributed by atoms with E-state index in [4.69, 9.17) is 4.52 Å². The van der Waals surface area contributed by atoms with E-state index in [1.165, 1.54) is 0 Å². The normalized spacial score (nSPS) is 16.4. The molecular formula is C20H31Cl2N5O2. The second-order valence-electron chi connectivity index (χ2n) is 7.75. The molecule has 3 heterocycles. The molecule has 1 aliphatic rings. The molecule has 0 aliphatic carbocycles. The van der Waals surface area contributed by atoms with Crippen LogP contribution in [0.4, 0.5) is 0 Å². The first-order valence-corrected chi connectivity index (χ1v) is 9.78. The Bertz CT molecular complexity index is 735. The van der Waals surface area contributed by atoms with Crippen molar-refractivity contribution in [3.63, 3.8) is 0 Å². The lowest BCUT2D eigenvalue weighted by atomic mass is 9.84. The van der Waals surface area contributed by atoms with E-state index in [1.54, 1.807) is 12.4 Å². The van der Waals surface area contributed by atoms with Gasteiger partial charge < -0.3 is 15.2 Å². The lowest BCUT2D eigenvalue weighted by molar-refractivity contribution is -0.123. The molecule has 2 unspecified atom stereocenters. The standard InChI is InChI=1S/C20H29N5O2.2ClH/c1-13(2)18(20-24-19(25-27-20)16-6-10-22-11-7-16)23-17(26)12-14(3)15-4-8-21-9-5-15;;/h6-7,10-11,13-15,18,21H,4-5,8-9,12H2,1-3H3,(H,23,26);2*1H. The fourth-order valence-electron chi connectivity index (χ4n) is 3.60. The predicted octanol–water partition coefficient (Wildman–Crippen LogP) is 3.81. The van der Waals surface area contributed by atoms with Gasteiger partial charge >= 0.3 is 0 Å². The highest BCUT2D eigenvalue weighted by Gasteiger charge is 2.27. The van der Waals surface area contributed by atoms with Gasteiger partial charge in [-0.05, 0) is 55.8 Å². The summed E-state index contributed by atoms with van der Waals surface area (Å²) in [5.41, 5.74) is 0.841. The van der Waals surface area contributed by atoms with E-state index in [0.29, 0.717) is 30.0 Å². The number of hydrogen-bond donors (Lipinski definition) is 2. The first kappa shape index (κ1) is 25.3. The smallest absolute Gasteiger partial charge is 0.249 e. The average molecular weight is 444 g/mol. The molecule has 0 saturated carbocycles. The molecule has 0 spiro atoms. The van der Waals surface area contributed by atoms with Crippen LogP contribution in [0, 0.1) is 17.8 Å². The molecule has 29 heavy (non-hydrogen) atoms. The van der Waals surface area contributed by atoms with Crippen LogP contribution in [0.1, 0.15) is 52.0 Å². The van der Waals surface area contributed by atoms with Crippen LogP contribution < -0.4 is 10.6 Å². The molecule has 1 aliphatic heterocycles. The summed E-state index contributed by atoms with van der Waals surface area (Å²) in [4.78, 5) is 21.1. The van der Waals surface area contributed by atoms with E-state index >= 15 is 0 Å². The van der Waals surface area contributed by atoms with Crippen molar-refractivity contribution in [3.8, 4) is 11.4 Å². The number of nitrogens with one attached hydrogen (secondary N) is 2. The summed E-state index contributed by atoms with van der Waals surface area (Å²) < 4.78 is 5.46. The SMILES string of the molecule is CC(C)C(NC(=O)CC(C)C1CCNCC1)c1nc(-c2ccncc2)no1.Cl.Cl. The highest BCUT2D eigenvalue weighted by molar-refractivity contribution is 5.85. The summed E-state index contributed by atoms with van der Waals surface area (Å²) in [6.07, 6.45) is 6.19. The van der Waals surface area contributed by atoms with Gasteiger partial charge in [-0.3, -0.25) is 9.78 Å². The number of amides is 1. The van der Waals surface area contributed by atoms with Crippen molar-refractivity contribution < 1.29 is 9.32 Å². The Balaban J connectivity index is 0.00000210. The Morgan fingerprint density at radius 2 is 1.86 bits per heavy atom. The van der Waals surface area contributed by atoms with Gasteiger partial charge in [-0.1, -0.05) is 25.9 Å². The molecule has 2 atom stereocenters. The van der Waals surface area contributed by atoms with Gasteiger partial charge in [-0.15, -0.1) is 24.8 Å². The van der Waals surface area contributed by atoms with Crippen LogP contribution in [0.25, 0.3) is 11.4 Å². The third-order valence-corrected chi connectivity index (χ3v) is 5.33. The molecule has 1 fully saturated rings. The molecular weight excluding hydrogens is 413 g/mol. The summed E-state index contributed by atoms with van der Waals surface area (Å²) >= 11 is 0. The minimum Gasteiger partial charge on any atom is -0.344 e. The maximum Gasteiger partial charge on any atom is 0.249 e. The van der Waals surface area contributed by atoms with E-state index < -0.39 is 0 Å². The van der Waals surface area contributed by atoms with Gasteiger partial charge in [-0.25, -0.2) is 0 Å². The van der Waals surface area contributed by atoms with Crippen molar-refractivity contribution >= 4 is 30.7 Å². The minimum atomic E-state index is -0.291. The van der Waals surface area contributed by atoms with Crippen molar-refractivity contribution in [2.45, 2.75) is 46.1 Å². The van der Waals surface area contributed by atoms with Crippen molar-refractivity contribution in [3.05, 3.63) is 30.4 Å². The summed E-state index contributed by atoms with van der Waals surface area (Å²) in [5.74, 6) is 2.12. The summed E-state index contributed by atoms with van der Waals surface area (Å²) in [6.45, 7) is 8.35. The molecule has 2 aromatic rings. The number of halogens is 2. The molecule has 0 bridgehead atoms. The third-order valence-electron chi connectivity index (χ3n) is 5.33. The van der Waals surface area contributed by atoms with Crippen molar-refractivity contribution in [2.24, 2.45) is 17.8 Å². The number of aromatic nitrogens is 3. The van der Waals surface area contributed by atoms with E-state index in [2.05, 4.69) is 32.7 Å². The van der Waals surface area contributed by atoms with E-state index in [0.717, 1.165) is 31.5 Å². The zero-order valence-corrected chi connectivity index (χ0v) is 18.8. The first-order chi connectivity index (χ1) is 13.0. The Morgan fingerprint density at radius 1 is 1.21 bits per heavy atom. The van der Waals surface area contributed by atoms with Crippen molar-refractivity contribution in [1.29, 1.82) is 0 Å². The lowest BCUT2D eigenvalue weighted by Crippen LogP contribution is -2.36. The monoisotopic (exact) mass is 443 g/mol. The summed E-state index contributed by atoms with van der Waals surface area (Å²) in [5, 5.41) is 10.5. The highest BCUT2D eigenvalue weighted by Crippen LogP contribution is 2.26. The topological polar surface area (TPSA) is 92.9 Å². The number of hydrogen-bond acceptors (Lipinski definition) is 6. The molecule has 9 heteroatoms. The summed E-state index contributed by atoms with van der Waals surface area (Å²) in [6, 6.07) is 3.37. The average Bonchev–Trinajstić information content (AvgIpc) is 3.17. The number of rotatable bonds is 7. The quantitative estimate of drug-likeness (QED) is 0.675. The molecule has 2 aromatic heterocycles. The maximum atomic E-state index is 12.6. The van der Waals surface area contributed by atoms with Gasteiger partial charge in [0.1, 0.15) is 6.04 Å². The molecule has 162 valence electrons. The summed E-state index contributed by atoms with van der Waals surface area (Å²) in [7, 11) is 0.